The first-order valence-corrected chi connectivity index (χ1v) is 8.69. The zero-order chi connectivity index (χ0) is 13.9. The number of hydrogen-bond acceptors (Lipinski definition) is 1. The molecule has 0 heterocycles. The summed E-state index contributed by atoms with van der Waals surface area (Å²) in [6.45, 7) is 0.790. The molecule has 6 rings (SSSR count). The highest BCUT2D eigenvalue weighted by molar-refractivity contribution is 5.30. The third-order valence-electron chi connectivity index (χ3n) is 8.17. The van der Waals surface area contributed by atoms with Gasteiger partial charge in [0.2, 0.25) is 0 Å². The maximum absolute atomic E-state index is 14.0. The van der Waals surface area contributed by atoms with Crippen molar-refractivity contribution in [3.63, 3.8) is 0 Å². The molecule has 5 aliphatic rings. The Morgan fingerprint density at radius 1 is 0.952 bits per heavy atom. The molecule has 5 aliphatic carbocycles. The molecule has 0 radical (unpaired) electrons. The summed E-state index contributed by atoms with van der Waals surface area (Å²) < 4.78 is 14.0. The van der Waals surface area contributed by atoms with Gasteiger partial charge in [0.25, 0.3) is 0 Å². The predicted octanol–water partition coefficient (Wildman–Crippen LogP) is 3.40. The topological polar surface area (TPSA) is 3.24 Å². The lowest BCUT2D eigenvalue weighted by Gasteiger charge is -2.50. The predicted molar refractivity (Wildman–Crippen MR) is 78.8 cm³/mol. The van der Waals surface area contributed by atoms with Gasteiger partial charge in [-0.2, -0.15) is 0 Å². The van der Waals surface area contributed by atoms with E-state index >= 15 is 0 Å². The van der Waals surface area contributed by atoms with Gasteiger partial charge in [-0.15, -0.1) is 0 Å². The van der Waals surface area contributed by atoms with Crippen molar-refractivity contribution in [2.75, 3.05) is 7.05 Å². The van der Waals surface area contributed by atoms with E-state index < -0.39 is 0 Å². The van der Waals surface area contributed by atoms with Crippen LogP contribution in [0.1, 0.15) is 18.4 Å². The van der Waals surface area contributed by atoms with Gasteiger partial charge in [0.05, 0.1) is 0 Å². The van der Waals surface area contributed by atoms with Crippen LogP contribution in [-0.2, 0) is 6.54 Å². The zero-order valence-electron chi connectivity index (χ0n) is 12.5. The smallest absolute Gasteiger partial charge is 0.127 e. The van der Waals surface area contributed by atoms with Gasteiger partial charge in [0.1, 0.15) is 5.82 Å². The van der Waals surface area contributed by atoms with Crippen LogP contribution in [0, 0.1) is 53.2 Å². The Morgan fingerprint density at radius 3 is 2.48 bits per heavy atom. The van der Waals surface area contributed by atoms with Gasteiger partial charge in [-0.3, -0.25) is 4.90 Å². The SMILES string of the molecule is CN(Cc1ccccc1F)[C@H]1[C@H]2[C@@H]3C[C@@H]4[C@@H]5[C@H]3C[C@H]2[C@@H]5[C@H]41. The molecule has 0 aliphatic heterocycles. The van der Waals surface area contributed by atoms with E-state index in [-0.39, 0.29) is 5.82 Å². The van der Waals surface area contributed by atoms with Crippen LogP contribution < -0.4 is 0 Å². The molecule has 1 nitrogen and oxygen atoms in total. The van der Waals surface area contributed by atoms with Gasteiger partial charge in [-0.25, -0.2) is 4.39 Å². The summed E-state index contributed by atoms with van der Waals surface area (Å²) in [5.41, 5.74) is 0.873. The number of fused-ring (bicyclic) bond motifs is 2. The number of nitrogens with zero attached hydrogens (tertiary/aromatic N) is 1. The molecule has 0 saturated heterocycles. The van der Waals surface area contributed by atoms with Crippen molar-refractivity contribution in [2.45, 2.75) is 25.4 Å². The second kappa shape index (κ2) is 3.53. The molecule has 0 N–H and O–H groups in total. The quantitative estimate of drug-likeness (QED) is 0.822. The molecule has 5 saturated carbocycles. The minimum absolute atomic E-state index is 0.0359. The van der Waals surface area contributed by atoms with Gasteiger partial charge in [-0.05, 0) is 73.3 Å². The first kappa shape index (κ1) is 11.6. The summed E-state index contributed by atoms with van der Waals surface area (Å²) >= 11 is 0. The Balaban J connectivity index is 1.33. The normalized spacial score (nSPS) is 54.0. The lowest BCUT2D eigenvalue weighted by Crippen LogP contribution is -2.51. The Morgan fingerprint density at radius 2 is 1.67 bits per heavy atom. The Kier molecular flexibility index (Phi) is 1.96. The number of halogens is 1. The summed E-state index contributed by atoms with van der Waals surface area (Å²) in [6, 6.07) is 8.07. The summed E-state index contributed by atoms with van der Waals surface area (Å²) in [5, 5.41) is 0. The van der Waals surface area contributed by atoms with Crippen LogP contribution in [0.4, 0.5) is 4.39 Å². The van der Waals surface area contributed by atoms with Crippen LogP contribution in [0.5, 0.6) is 0 Å². The van der Waals surface area contributed by atoms with Crippen molar-refractivity contribution in [1.29, 1.82) is 0 Å². The lowest BCUT2D eigenvalue weighted by atomic mass is 9.58. The van der Waals surface area contributed by atoms with E-state index in [1.807, 2.05) is 12.1 Å². The van der Waals surface area contributed by atoms with Gasteiger partial charge in [0, 0.05) is 18.2 Å². The van der Waals surface area contributed by atoms with E-state index in [1.54, 1.807) is 25.0 Å². The van der Waals surface area contributed by atoms with E-state index in [1.165, 1.54) is 0 Å². The van der Waals surface area contributed by atoms with Crippen LogP contribution in [0.25, 0.3) is 0 Å². The maximum Gasteiger partial charge on any atom is 0.127 e. The van der Waals surface area contributed by atoms with Gasteiger partial charge < -0.3 is 0 Å². The Hall–Kier alpha value is -0.890. The third-order valence-corrected chi connectivity index (χ3v) is 8.17. The second-order valence-electron chi connectivity index (χ2n) is 8.43. The van der Waals surface area contributed by atoms with Gasteiger partial charge in [0.15, 0.2) is 0 Å². The molecule has 1 aromatic rings. The van der Waals surface area contributed by atoms with Gasteiger partial charge >= 0.3 is 0 Å². The highest BCUT2D eigenvalue weighted by Crippen LogP contribution is 2.83. The molecule has 0 spiro atoms. The van der Waals surface area contributed by atoms with Gasteiger partial charge in [-0.1, -0.05) is 18.2 Å². The largest absolute Gasteiger partial charge is 0.298 e. The van der Waals surface area contributed by atoms with Crippen molar-refractivity contribution in [1.82, 2.24) is 4.90 Å². The van der Waals surface area contributed by atoms with E-state index in [2.05, 4.69) is 11.9 Å². The Bertz CT molecular complexity index is 622. The van der Waals surface area contributed by atoms with Crippen molar-refractivity contribution in [3.05, 3.63) is 35.6 Å². The molecule has 0 amide bonds. The standard InChI is InChI=1S/C19H22FN/c1-21(8-9-4-2-3-5-14(9)20)19-16-11-7-12-15-10(11)6-13(16)17(15)18(12)19/h2-5,10-13,15-19H,6-8H2,1H3/t10-,11+,12+,13+,15-,16-,17-,18-,19-/m0/s1. The van der Waals surface area contributed by atoms with E-state index in [0.29, 0.717) is 0 Å². The summed E-state index contributed by atoms with van der Waals surface area (Å²) in [4.78, 5) is 2.52. The van der Waals surface area contributed by atoms with Crippen molar-refractivity contribution >= 4 is 0 Å². The van der Waals surface area contributed by atoms with Crippen LogP contribution in [0.3, 0.4) is 0 Å². The highest BCUT2D eigenvalue weighted by atomic mass is 19.1. The van der Waals surface area contributed by atoms with E-state index in [0.717, 1.165) is 65.5 Å². The molecule has 0 unspecified atom stereocenters. The fourth-order valence-electron chi connectivity index (χ4n) is 8.01. The monoisotopic (exact) mass is 283 g/mol. The lowest BCUT2D eigenvalue weighted by molar-refractivity contribution is -0.0222. The van der Waals surface area contributed by atoms with Crippen molar-refractivity contribution in [3.8, 4) is 0 Å². The Labute approximate surface area is 125 Å². The van der Waals surface area contributed by atoms with E-state index in [9.17, 15) is 4.39 Å². The second-order valence-corrected chi connectivity index (χ2v) is 8.43. The molecule has 1 aromatic carbocycles. The van der Waals surface area contributed by atoms with Crippen LogP contribution in [-0.4, -0.2) is 18.0 Å². The minimum Gasteiger partial charge on any atom is -0.298 e. The molecule has 5 fully saturated rings. The fourth-order valence-corrected chi connectivity index (χ4v) is 8.01. The molecular formula is C19H22FN. The first-order chi connectivity index (χ1) is 10.3. The minimum atomic E-state index is -0.0359. The first-order valence-electron chi connectivity index (χ1n) is 8.69. The summed E-state index contributed by atoms with van der Waals surface area (Å²) in [5.74, 6) is 8.29. The molecular weight excluding hydrogens is 261 g/mol. The molecule has 0 aromatic heterocycles. The molecule has 21 heavy (non-hydrogen) atoms. The number of benzene rings is 1. The van der Waals surface area contributed by atoms with Crippen LogP contribution in [0.2, 0.25) is 0 Å². The highest BCUT2D eigenvalue weighted by Gasteiger charge is 2.80. The third kappa shape index (κ3) is 1.14. The van der Waals surface area contributed by atoms with E-state index in [4.69, 9.17) is 0 Å². The average molecular weight is 283 g/mol. The number of rotatable bonds is 3. The fraction of sp³-hybridized carbons (Fsp3) is 0.684. The van der Waals surface area contributed by atoms with Crippen molar-refractivity contribution < 1.29 is 4.39 Å². The maximum atomic E-state index is 14.0. The molecule has 9 atom stereocenters. The molecule has 110 valence electrons. The van der Waals surface area contributed by atoms with Crippen molar-refractivity contribution in [2.24, 2.45) is 47.3 Å². The summed E-state index contributed by atoms with van der Waals surface area (Å²) in [7, 11) is 2.25. The zero-order valence-corrected chi connectivity index (χ0v) is 12.5. The number of hydrogen-bond donors (Lipinski definition) is 0. The van der Waals surface area contributed by atoms with Crippen LogP contribution in [0.15, 0.2) is 24.3 Å². The summed E-state index contributed by atoms with van der Waals surface area (Å²) in [6.07, 6.45) is 3.09. The van der Waals surface area contributed by atoms with Crippen LogP contribution >= 0.6 is 0 Å². The molecule has 2 heteroatoms. The molecule has 2 bridgehead atoms. The average Bonchev–Trinajstić information content (AvgIpc) is 3.00.